The van der Waals surface area contributed by atoms with Gasteiger partial charge in [0, 0.05) is 24.0 Å². The third-order valence-corrected chi connectivity index (χ3v) is 6.14. The van der Waals surface area contributed by atoms with Crippen molar-refractivity contribution in [2.75, 3.05) is 10.0 Å². The van der Waals surface area contributed by atoms with Crippen molar-refractivity contribution in [1.82, 2.24) is 0 Å². The number of hydrogen-bond donors (Lipinski definition) is 2. The van der Waals surface area contributed by atoms with Gasteiger partial charge in [-0.05, 0) is 52.7 Å². The number of amides is 2. The minimum atomic E-state index is -0.403. The van der Waals surface area contributed by atoms with Crippen molar-refractivity contribution in [3.8, 4) is 0 Å². The lowest BCUT2D eigenvalue weighted by atomic mass is 9.98. The molecule has 2 aromatic rings. The summed E-state index contributed by atoms with van der Waals surface area (Å²) in [6, 6.07) is 9.22. The van der Waals surface area contributed by atoms with Crippen LogP contribution in [-0.2, 0) is 9.59 Å². The summed E-state index contributed by atoms with van der Waals surface area (Å²) in [7, 11) is 0. The predicted octanol–water partition coefficient (Wildman–Crippen LogP) is 3.95. The number of anilines is 2. The van der Waals surface area contributed by atoms with Gasteiger partial charge < -0.3 is 0 Å². The fourth-order valence-electron chi connectivity index (χ4n) is 4.22. The zero-order chi connectivity index (χ0) is 28.6. The topological polar surface area (TPSA) is 161 Å². The number of nitrogens with two attached hydrogens (primary N) is 2. The first-order chi connectivity index (χ1) is 17.9. The Morgan fingerprint density at radius 3 is 1.18 bits per heavy atom. The van der Waals surface area contributed by atoms with Gasteiger partial charge in [0.05, 0.1) is 22.5 Å². The number of unbranched alkanes of at least 4 members (excludes halogenated alkanes) is 3. The largest absolute Gasteiger partial charge is 0.294 e. The molecule has 0 saturated heterocycles. The van der Waals surface area contributed by atoms with Crippen LogP contribution in [0, 0.1) is 0 Å². The van der Waals surface area contributed by atoms with Crippen LogP contribution in [0.25, 0.3) is 0 Å². The second-order valence-corrected chi connectivity index (χ2v) is 9.07. The molecule has 0 spiro atoms. The van der Waals surface area contributed by atoms with Crippen LogP contribution < -0.4 is 21.7 Å². The summed E-state index contributed by atoms with van der Waals surface area (Å²) in [6.45, 7) is 5.31. The van der Waals surface area contributed by atoms with E-state index in [-0.39, 0.29) is 69.6 Å². The number of carbonyl (C=O) groups excluding carboxylic acids is 6. The lowest BCUT2D eigenvalue weighted by molar-refractivity contribution is -0.119. The highest BCUT2D eigenvalue weighted by molar-refractivity contribution is 6.13. The summed E-state index contributed by atoms with van der Waals surface area (Å²) in [6.07, 6.45) is 2.53. The first-order valence-corrected chi connectivity index (χ1v) is 12.3. The zero-order valence-electron chi connectivity index (χ0n) is 22.2. The van der Waals surface area contributed by atoms with Gasteiger partial charge >= 0.3 is 0 Å². The van der Waals surface area contributed by atoms with Crippen molar-refractivity contribution in [1.29, 1.82) is 0 Å². The Bertz CT molecular complexity index is 1170. The molecule has 4 N–H and O–H groups in total. The Hall–Kier alpha value is -4.02. The maximum Gasteiger partial charge on any atom is 0.241 e. The quantitative estimate of drug-likeness (QED) is 0.131. The van der Waals surface area contributed by atoms with Crippen LogP contribution in [-0.4, -0.2) is 34.9 Å². The number of benzene rings is 2. The van der Waals surface area contributed by atoms with Gasteiger partial charge in [0.2, 0.25) is 11.8 Å². The highest BCUT2D eigenvalue weighted by atomic mass is 16.2. The van der Waals surface area contributed by atoms with Gasteiger partial charge in [0.1, 0.15) is 0 Å². The van der Waals surface area contributed by atoms with Crippen molar-refractivity contribution >= 4 is 46.3 Å². The Balaban J connectivity index is 1.90. The lowest BCUT2D eigenvalue weighted by Crippen LogP contribution is -2.38. The van der Waals surface area contributed by atoms with E-state index >= 15 is 0 Å². The van der Waals surface area contributed by atoms with E-state index in [0.717, 1.165) is 10.0 Å². The van der Waals surface area contributed by atoms with Gasteiger partial charge in [0.25, 0.3) is 0 Å². The Labute approximate surface area is 221 Å². The number of carbonyl (C=O) groups is 6. The molecule has 2 amide bonds. The summed E-state index contributed by atoms with van der Waals surface area (Å²) in [5.41, 5.74) is 1.01. The standard InChI is InChI=1S/C28H34N4O6/c1-17(33)21-11-9-13-23(27(21)19(3)35)31(29)25(37)15-7-5-6-8-16-26(38)32(30)24-14-10-12-22(18(2)34)28(24)20(4)36/h9-14H,5-8,15-16,29-30H2,1-4H3. The van der Waals surface area contributed by atoms with E-state index in [9.17, 15) is 28.8 Å². The molecule has 0 aliphatic heterocycles. The van der Waals surface area contributed by atoms with E-state index in [2.05, 4.69) is 0 Å². The Kier molecular flexibility index (Phi) is 10.7. The molecule has 0 aliphatic rings. The third kappa shape index (κ3) is 7.27. The van der Waals surface area contributed by atoms with Crippen molar-refractivity contribution in [3.05, 3.63) is 58.7 Å². The Morgan fingerprint density at radius 1 is 0.553 bits per heavy atom. The average Bonchev–Trinajstić information content (AvgIpc) is 2.88. The van der Waals surface area contributed by atoms with E-state index in [1.807, 2.05) is 0 Å². The van der Waals surface area contributed by atoms with Crippen LogP contribution in [0.15, 0.2) is 36.4 Å². The Morgan fingerprint density at radius 2 is 0.895 bits per heavy atom. The van der Waals surface area contributed by atoms with E-state index < -0.39 is 11.8 Å². The normalized spacial score (nSPS) is 10.6. The predicted molar refractivity (Wildman–Crippen MR) is 144 cm³/mol. The zero-order valence-corrected chi connectivity index (χ0v) is 22.2. The van der Waals surface area contributed by atoms with Gasteiger partial charge in [-0.3, -0.25) is 28.8 Å². The third-order valence-electron chi connectivity index (χ3n) is 6.14. The smallest absolute Gasteiger partial charge is 0.241 e. The van der Waals surface area contributed by atoms with E-state index in [1.165, 1.54) is 52.0 Å². The summed E-state index contributed by atoms with van der Waals surface area (Å²) in [4.78, 5) is 73.3. The minimum absolute atomic E-state index is 0.113. The molecule has 10 nitrogen and oxygen atoms in total. The summed E-state index contributed by atoms with van der Waals surface area (Å²) in [5, 5.41) is 1.81. The maximum absolute atomic E-state index is 12.6. The molecule has 0 aliphatic carbocycles. The van der Waals surface area contributed by atoms with Gasteiger partial charge in [-0.1, -0.05) is 37.1 Å². The monoisotopic (exact) mass is 522 g/mol. The molecule has 0 bridgehead atoms. The summed E-state index contributed by atoms with van der Waals surface area (Å²) >= 11 is 0. The first-order valence-electron chi connectivity index (χ1n) is 12.3. The van der Waals surface area contributed by atoms with E-state index in [4.69, 9.17) is 11.7 Å². The van der Waals surface area contributed by atoms with Crippen molar-refractivity contribution in [3.63, 3.8) is 0 Å². The van der Waals surface area contributed by atoms with Crippen LogP contribution in [0.4, 0.5) is 11.4 Å². The molecule has 38 heavy (non-hydrogen) atoms. The molecule has 0 saturated carbocycles. The van der Waals surface area contributed by atoms with Crippen LogP contribution >= 0.6 is 0 Å². The molecule has 2 aromatic carbocycles. The van der Waals surface area contributed by atoms with E-state index in [1.54, 1.807) is 12.1 Å². The number of nitrogens with zero attached hydrogens (tertiary/aromatic N) is 2. The summed E-state index contributed by atoms with van der Waals surface area (Å²) in [5.74, 6) is 9.85. The molecule has 0 atom stereocenters. The average molecular weight is 523 g/mol. The van der Waals surface area contributed by atoms with Gasteiger partial charge in [0.15, 0.2) is 23.1 Å². The number of ketones is 4. The highest BCUT2D eigenvalue weighted by Gasteiger charge is 2.23. The maximum atomic E-state index is 12.6. The van der Waals surface area contributed by atoms with Gasteiger partial charge in [-0.2, -0.15) is 0 Å². The summed E-state index contributed by atoms with van der Waals surface area (Å²) < 4.78 is 0. The molecule has 0 aromatic heterocycles. The SMILES string of the molecule is CC(=O)c1cccc(N(N)C(=O)CCCCCCC(=O)N(N)c2cccc(C(C)=O)c2C(C)=O)c1C(C)=O. The number of hydrazine groups is 2. The van der Waals surface area contributed by atoms with Gasteiger partial charge in [-0.15, -0.1) is 0 Å². The van der Waals surface area contributed by atoms with Crippen LogP contribution in [0.1, 0.15) is 108 Å². The van der Waals surface area contributed by atoms with Crippen molar-refractivity contribution in [2.45, 2.75) is 66.2 Å². The minimum Gasteiger partial charge on any atom is -0.294 e. The molecule has 0 heterocycles. The number of hydrogen-bond acceptors (Lipinski definition) is 8. The second kappa shape index (κ2) is 13.5. The molecule has 10 heteroatoms. The molecule has 0 fully saturated rings. The number of rotatable bonds is 13. The molecule has 0 unspecified atom stereocenters. The van der Waals surface area contributed by atoms with E-state index in [0.29, 0.717) is 25.7 Å². The van der Waals surface area contributed by atoms with Crippen molar-refractivity contribution in [2.24, 2.45) is 11.7 Å². The lowest BCUT2D eigenvalue weighted by Gasteiger charge is -2.21. The molecular formula is C28H34N4O6. The van der Waals surface area contributed by atoms with Crippen LogP contribution in [0.5, 0.6) is 0 Å². The van der Waals surface area contributed by atoms with Crippen LogP contribution in [0.2, 0.25) is 0 Å². The fraction of sp³-hybridized carbons (Fsp3) is 0.357. The highest BCUT2D eigenvalue weighted by Crippen LogP contribution is 2.26. The van der Waals surface area contributed by atoms with Crippen molar-refractivity contribution < 1.29 is 28.8 Å². The molecular weight excluding hydrogens is 488 g/mol. The number of Topliss-reactive ketones (excluding diaryl/α,β-unsaturated/α-hetero) is 4. The first kappa shape index (κ1) is 30.2. The molecule has 0 radical (unpaired) electrons. The second-order valence-electron chi connectivity index (χ2n) is 9.07. The molecule has 202 valence electrons. The van der Waals surface area contributed by atoms with Gasteiger partial charge in [-0.25, -0.2) is 21.7 Å². The molecule has 2 rings (SSSR count). The van der Waals surface area contributed by atoms with Crippen LogP contribution in [0.3, 0.4) is 0 Å². The fourth-order valence-corrected chi connectivity index (χ4v) is 4.22.